The number of H-pyrrole nitrogens is 1. The fourth-order valence-electron chi connectivity index (χ4n) is 3.39. The Morgan fingerprint density at radius 2 is 2.10 bits per heavy atom. The fourth-order valence-corrected chi connectivity index (χ4v) is 3.39. The van der Waals surface area contributed by atoms with Crippen LogP contribution in [0.5, 0.6) is 0 Å². The molecule has 4 rings (SSSR count). The smallest absolute Gasteiger partial charge is 0.254 e. The zero-order valence-corrected chi connectivity index (χ0v) is 15.7. The van der Waals surface area contributed by atoms with E-state index in [-0.39, 0.29) is 17.6 Å². The van der Waals surface area contributed by atoms with Gasteiger partial charge in [-0.05, 0) is 30.2 Å². The number of carbonyl (C=O) groups is 1. The van der Waals surface area contributed by atoms with Crippen molar-refractivity contribution in [2.75, 3.05) is 10.6 Å². The molecule has 0 radical (unpaired) electrons. The number of tetrazole rings is 1. The van der Waals surface area contributed by atoms with Gasteiger partial charge in [-0.15, -0.1) is 10.2 Å². The molecule has 150 valence electrons. The molecular formula is C18H22N10O. The summed E-state index contributed by atoms with van der Waals surface area (Å²) < 4.78 is 0. The second-order valence-electron chi connectivity index (χ2n) is 6.96. The van der Waals surface area contributed by atoms with Crippen LogP contribution in [-0.4, -0.2) is 48.6 Å². The predicted molar refractivity (Wildman–Crippen MR) is 107 cm³/mol. The Kier molecular flexibility index (Phi) is 5.29. The minimum Gasteiger partial charge on any atom is -0.365 e. The Morgan fingerprint density at radius 3 is 2.86 bits per heavy atom. The number of hydrogen-bond donors (Lipinski definition) is 5. The number of nitrogens with one attached hydrogen (secondary N) is 3. The summed E-state index contributed by atoms with van der Waals surface area (Å²) in [7, 11) is 0. The van der Waals surface area contributed by atoms with Gasteiger partial charge in [-0.2, -0.15) is 10.2 Å². The molecule has 7 N–H and O–H groups in total. The minimum absolute atomic E-state index is 0.0474. The first kappa shape index (κ1) is 18.7. The summed E-state index contributed by atoms with van der Waals surface area (Å²) in [6, 6.07) is 7.48. The second kappa shape index (κ2) is 8.19. The topological polar surface area (TPSA) is 173 Å². The third kappa shape index (κ3) is 4.29. The number of primary amides is 1. The first-order valence-corrected chi connectivity index (χ1v) is 9.40. The maximum Gasteiger partial charge on any atom is 0.254 e. The number of benzene rings is 1. The van der Waals surface area contributed by atoms with Crippen molar-refractivity contribution in [3.05, 3.63) is 36.0 Å². The van der Waals surface area contributed by atoms with Crippen LogP contribution in [0.4, 0.5) is 17.5 Å². The molecule has 1 amide bonds. The van der Waals surface area contributed by atoms with Gasteiger partial charge in [0.25, 0.3) is 5.91 Å². The number of aromatic nitrogens is 6. The summed E-state index contributed by atoms with van der Waals surface area (Å²) in [5, 5.41) is 20.3. The van der Waals surface area contributed by atoms with Gasteiger partial charge in [0.2, 0.25) is 11.8 Å². The summed E-state index contributed by atoms with van der Waals surface area (Å²) in [4.78, 5) is 20.6. The van der Waals surface area contributed by atoms with Crippen molar-refractivity contribution >= 4 is 23.4 Å². The van der Waals surface area contributed by atoms with Gasteiger partial charge in [0.1, 0.15) is 11.4 Å². The second-order valence-corrected chi connectivity index (χ2v) is 6.96. The molecule has 0 bridgehead atoms. The lowest BCUT2D eigenvalue weighted by Crippen LogP contribution is -2.43. The number of carbonyl (C=O) groups excluding carboxylic acids is 1. The van der Waals surface area contributed by atoms with Crippen LogP contribution >= 0.6 is 0 Å². The van der Waals surface area contributed by atoms with Crippen LogP contribution in [0.25, 0.3) is 11.4 Å². The molecule has 0 saturated heterocycles. The predicted octanol–water partition coefficient (Wildman–Crippen LogP) is 1.18. The SMILES string of the molecule is NC(=O)c1cnc(NC2CCCCC2N)nc1Nc1cccc(-c2nn[nH]n2)c1. The molecule has 1 saturated carbocycles. The molecule has 3 aromatic rings. The zero-order valence-electron chi connectivity index (χ0n) is 15.7. The van der Waals surface area contributed by atoms with Crippen molar-refractivity contribution in [2.45, 2.75) is 37.8 Å². The van der Waals surface area contributed by atoms with Crippen LogP contribution in [0.3, 0.4) is 0 Å². The molecule has 0 spiro atoms. The van der Waals surface area contributed by atoms with Crippen LogP contribution < -0.4 is 22.1 Å². The largest absolute Gasteiger partial charge is 0.365 e. The molecule has 2 heterocycles. The van der Waals surface area contributed by atoms with E-state index >= 15 is 0 Å². The van der Waals surface area contributed by atoms with Gasteiger partial charge >= 0.3 is 0 Å². The van der Waals surface area contributed by atoms with Gasteiger partial charge in [0.05, 0.1) is 0 Å². The van der Waals surface area contributed by atoms with E-state index in [0.717, 1.165) is 31.2 Å². The standard InChI is InChI=1S/C18H22N10O/c19-13-6-1-2-7-14(13)23-18-21-9-12(15(20)29)17(24-18)22-11-5-3-4-10(8-11)16-25-27-28-26-16/h3-5,8-9,13-14H,1-2,6-7,19H2,(H2,20,29)(H2,21,22,23,24)(H,25,26,27,28). The molecule has 1 aliphatic rings. The molecule has 11 heteroatoms. The number of hydrogen-bond acceptors (Lipinski definition) is 9. The molecule has 0 aliphatic heterocycles. The molecule has 1 fully saturated rings. The van der Waals surface area contributed by atoms with Crippen LogP contribution in [0.2, 0.25) is 0 Å². The van der Waals surface area contributed by atoms with Crippen LogP contribution in [0, 0.1) is 0 Å². The maximum absolute atomic E-state index is 11.8. The monoisotopic (exact) mass is 394 g/mol. The quantitative estimate of drug-likeness (QED) is 0.411. The number of anilines is 3. The molecule has 29 heavy (non-hydrogen) atoms. The third-order valence-electron chi connectivity index (χ3n) is 4.92. The van der Waals surface area contributed by atoms with Gasteiger partial charge in [-0.1, -0.05) is 25.0 Å². The molecule has 2 unspecified atom stereocenters. The van der Waals surface area contributed by atoms with E-state index in [1.807, 2.05) is 24.3 Å². The van der Waals surface area contributed by atoms with E-state index in [0.29, 0.717) is 23.3 Å². The first-order valence-electron chi connectivity index (χ1n) is 9.40. The normalized spacial score (nSPS) is 18.9. The fraction of sp³-hybridized carbons (Fsp3) is 0.333. The number of nitrogens with zero attached hydrogens (tertiary/aromatic N) is 5. The lowest BCUT2D eigenvalue weighted by molar-refractivity contribution is 0.100. The highest BCUT2D eigenvalue weighted by atomic mass is 16.1. The summed E-state index contributed by atoms with van der Waals surface area (Å²) in [5.74, 6) is 0.543. The number of aromatic amines is 1. The van der Waals surface area contributed by atoms with E-state index in [9.17, 15) is 4.79 Å². The highest BCUT2D eigenvalue weighted by molar-refractivity contribution is 5.98. The van der Waals surface area contributed by atoms with Crippen molar-refractivity contribution in [1.29, 1.82) is 0 Å². The Morgan fingerprint density at radius 1 is 1.24 bits per heavy atom. The van der Waals surface area contributed by atoms with E-state index in [1.165, 1.54) is 6.20 Å². The van der Waals surface area contributed by atoms with E-state index in [4.69, 9.17) is 11.5 Å². The van der Waals surface area contributed by atoms with Crippen LogP contribution in [0.1, 0.15) is 36.0 Å². The Labute approximate surface area is 166 Å². The van der Waals surface area contributed by atoms with Crippen LogP contribution in [-0.2, 0) is 0 Å². The highest BCUT2D eigenvalue weighted by Crippen LogP contribution is 2.25. The molecule has 1 aromatic carbocycles. The van der Waals surface area contributed by atoms with Gasteiger partial charge in [0, 0.05) is 29.5 Å². The van der Waals surface area contributed by atoms with Crippen molar-refractivity contribution in [2.24, 2.45) is 11.5 Å². The first-order chi connectivity index (χ1) is 14.1. The summed E-state index contributed by atoms with van der Waals surface area (Å²) >= 11 is 0. The van der Waals surface area contributed by atoms with Crippen LogP contribution in [0.15, 0.2) is 30.5 Å². The van der Waals surface area contributed by atoms with Gasteiger partial charge in [-0.25, -0.2) is 4.98 Å². The van der Waals surface area contributed by atoms with Crippen molar-refractivity contribution in [3.63, 3.8) is 0 Å². The number of amides is 1. The Bertz CT molecular complexity index is 990. The molecule has 2 aromatic heterocycles. The Balaban J connectivity index is 1.60. The van der Waals surface area contributed by atoms with Crippen molar-refractivity contribution < 1.29 is 4.79 Å². The number of nitrogens with two attached hydrogens (primary N) is 2. The molecule has 2 atom stereocenters. The summed E-state index contributed by atoms with van der Waals surface area (Å²) in [6.45, 7) is 0. The summed E-state index contributed by atoms with van der Waals surface area (Å²) in [5.41, 5.74) is 13.3. The Hall–Kier alpha value is -3.60. The average molecular weight is 394 g/mol. The highest BCUT2D eigenvalue weighted by Gasteiger charge is 2.23. The summed E-state index contributed by atoms with van der Waals surface area (Å²) in [6.07, 6.45) is 5.57. The van der Waals surface area contributed by atoms with Crippen molar-refractivity contribution in [1.82, 2.24) is 30.6 Å². The van der Waals surface area contributed by atoms with E-state index in [2.05, 4.69) is 41.2 Å². The minimum atomic E-state index is -0.622. The maximum atomic E-state index is 11.8. The lowest BCUT2D eigenvalue weighted by atomic mass is 9.91. The van der Waals surface area contributed by atoms with Gasteiger partial charge in [-0.3, -0.25) is 4.79 Å². The molecule has 1 aliphatic carbocycles. The van der Waals surface area contributed by atoms with E-state index in [1.54, 1.807) is 0 Å². The average Bonchev–Trinajstić information content (AvgIpc) is 3.25. The van der Waals surface area contributed by atoms with E-state index < -0.39 is 5.91 Å². The zero-order chi connectivity index (χ0) is 20.2. The number of rotatable bonds is 6. The lowest BCUT2D eigenvalue weighted by Gasteiger charge is -2.29. The molecular weight excluding hydrogens is 372 g/mol. The van der Waals surface area contributed by atoms with Gasteiger partial charge in [0.15, 0.2) is 0 Å². The van der Waals surface area contributed by atoms with Gasteiger partial charge < -0.3 is 22.1 Å². The van der Waals surface area contributed by atoms with Crippen molar-refractivity contribution in [3.8, 4) is 11.4 Å². The third-order valence-corrected chi connectivity index (χ3v) is 4.92. The molecule has 11 nitrogen and oxygen atoms in total.